The second-order valence-corrected chi connectivity index (χ2v) is 11.6. The minimum Gasteiger partial charge on any atom is -0.429 e. The molecule has 0 N–H and O–H groups in total. The lowest BCUT2D eigenvalue weighted by molar-refractivity contribution is -0.185. The first-order valence-corrected chi connectivity index (χ1v) is 15.1. The Hall–Kier alpha value is -4.18. The Morgan fingerprint density at radius 3 is 2.05 bits per heavy atom. The molecule has 7 heteroatoms. The van der Waals surface area contributed by atoms with E-state index in [4.69, 9.17) is 10.00 Å². The van der Waals surface area contributed by atoms with Crippen molar-refractivity contribution in [3.05, 3.63) is 113 Å². The van der Waals surface area contributed by atoms with E-state index in [1.54, 1.807) is 24.3 Å². The van der Waals surface area contributed by atoms with Gasteiger partial charge in [0, 0.05) is 17.2 Å². The first-order chi connectivity index (χ1) is 21.2. The first-order valence-electron chi connectivity index (χ1n) is 15.1. The zero-order valence-corrected chi connectivity index (χ0v) is 24.6. The van der Waals surface area contributed by atoms with Crippen molar-refractivity contribution < 1.29 is 26.7 Å². The highest BCUT2D eigenvalue weighted by Gasteiger charge is 2.35. The summed E-state index contributed by atoms with van der Waals surface area (Å²) in [4.78, 5) is 0. The Balaban J connectivity index is 1.26. The van der Waals surface area contributed by atoms with Gasteiger partial charge in [0.15, 0.2) is 0 Å². The van der Waals surface area contributed by atoms with Crippen molar-refractivity contribution in [2.75, 3.05) is 0 Å². The van der Waals surface area contributed by atoms with Crippen molar-refractivity contribution in [1.82, 2.24) is 0 Å². The van der Waals surface area contributed by atoms with Crippen LogP contribution in [-0.2, 0) is 6.11 Å². The summed E-state index contributed by atoms with van der Waals surface area (Å²) in [6.07, 6.45) is 5.73. The molecule has 0 unspecified atom stereocenters. The summed E-state index contributed by atoms with van der Waals surface area (Å²) in [6, 6.07) is 18.9. The fraction of sp³-hybridized carbons (Fsp3) is 0.324. The molecule has 4 aromatic carbocycles. The summed E-state index contributed by atoms with van der Waals surface area (Å²) < 4.78 is 78.5. The van der Waals surface area contributed by atoms with Gasteiger partial charge in [-0.15, -0.1) is 0 Å². The van der Waals surface area contributed by atoms with E-state index in [1.165, 1.54) is 62.8 Å². The highest BCUT2D eigenvalue weighted by Crippen LogP contribution is 2.40. The monoisotopic (exact) mass is 603 g/mol. The van der Waals surface area contributed by atoms with Gasteiger partial charge < -0.3 is 4.74 Å². The number of halogens is 5. The molecule has 0 radical (unpaired) electrons. The van der Waals surface area contributed by atoms with Crippen LogP contribution < -0.4 is 4.74 Å². The minimum atomic E-state index is -3.81. The number of rotatable bonds is 10. The topological polar surface area (TPSA) is 33.0 Å². The highest BCUT2D eigenvalue weighted by molar-refractivity contribution is 5.71. The van der Waals surface area contributed by atoms with Crippen LogP contribution in [-0.4, -0.2) is 0 Å². The van der Waals surface area contributed by atoms with Gasteiger partial charge in [0.1, 0.15) is 29.3 Å². The van der Waals surface area contributed by atoms with Crippen LogP contribution in [0.2, 0.25) is 0 Å². The zero-order chi connectivity index (χ0) is 31.3. The smallest absolute Gasteiger partial charge is 0.426 e. The van der Waals surface area contributed by atoms with Crippen molar-refractivity contribution in [3.63, 3.8) is 0 Å². The van der Waals surface area contributed by atoms with Crippen LogP contribution in [0.15, 0.2) is 78.9 Å². The lowest BCUT2D eigenvalue weighted by atomic mass is 9.77. The third kappa shape index (κ3) is 7.13. The molecule has 0 saturated heterocycles. The van der Waals surface area contributed by atoms with Gasteiger partial charge in [-0.2, -0.15) is 14.0 Å². The van der Waals surface area contributed by atoms with E-state index in [1.807, 2.05) is 6.07 Å². The molecule has 0 spiro atoms. The molecule has 0 aromatic heterocycles. The maximum atomic E-state index is 15.3. The van der Waals surface area contributed by atoms with Gasteiger partial charge in [-0.05, 0) is 90.6 Å². The predicted octanol–water partition coefficient (Wildman–Crippen LogP) is 11.3. The van der Waals surface area contributed by atoms with Crippen LogP contribution in [0.1, 0.15) is 80.9 Å². The Morgan fingerprint density at radius 2 is 1.41 bits per heavy atom. The number of hydrogen-bond acceptors (Lipinski definition) is 2. The number of alkyl halides is 2. The largest absolute Gasteiger partial charge is 0.429 e. The van der Waals surface area contributed by atoms with Crippen molar-refractivity contribution >= 4 is 0 Å². The Morgan fingerprint density at radius 1 is 0.750 bits per heavy atom. The number of benzene rings is 4. The van der Waals surface area contributed by atoms with Crippen molar-refractivity contribution in [3.8, 4) is 34.1 Å². The third-order valence-electron chi connectivity index (χ3n) is 8.65. The van der Waals surface area contributed by atoms with E-state index in [0.29, 0.717) is 28.7 Å². The standard InChI is InChI=1S/C37H34F5NO/c1-2-3-4-5-24-6-8-25(9-7-24)27-13-18-33(35(39)20-27)28-14-19-32(36(40)21-28)26-10-15-30(16-11-26)37(41,42)44-31-17-12-29(23-43)34(38)22-31/h10-22,24-25H,2-9H2,1H3. The quantitative estimate of drug-likeness (QED) is 0.133. The van der Waals surface area contributed by atoms with Gasteiger partial charge >= 0.3 is 6.11 Å². The number of unbranched alkanes of at least 4 members (excludes halogenated alkanes) is 2. The average molecular weight is 604 g/mol. The molecule has 1 saturated carbocycles. The van der Waals surface area contributed by atoms with Crippen LogP contribution in [0.3, 0.4) is 0 Å². The number of ether oxygens (including phenoxy) is 1. The molecule has 1 aliphatic carbocycles. The molecule has 0 amide bonds. The van der Waals surface area contributed by atoms with Gasteiger partial charge in [-0.3, -0.25) is 0 Å². The van der Waals surface area contributed by atoms with Crippen molar-refractivity contribution in [2.45, 2.75) is 70.3 Å². The second kappa shape index (κ2) is 13.6. The molecule has 1 fully saturated rings. The molecule has 228 valence electrons. The molecule has 0 atom stereocenters. The van der Waals surface area contributed by atoms with Crippen LogP contribution in [0.5, 0.6) is 5.75 Å². The van der Waals surface area contributed by atoms with Crippen molar-refractivity contribution in [1.29, 1.82) is 5.26 Å². The molecule has 1 aliphatic rings. The van der Waals surface area contributed by atoms with E-state index in [9.17, 15) is 13.2 Å². The van der Waals surface area contributed by atoms with E-state index in [-0.39, 0.29) is 11.1 Å². The fourth-order valence-corrected chi connectivity index (χ4v) is 6.10. The third-order valence-corrected chi connectivity index (χ3v) is 8.65. The van der Waals surface area contributed by atoms with Crippen molar-refractivity contribution in [2.24, 2.45) is 5.92 Å². The lowest BCUT2D eigenvalue weighted by Crippen LogP contribution is -2.21. The van der Waals surface area contributed by atoms with Crippen LogP contribution in [0.25, 0.3) is 22.3 Å². The molecular formula is C37H34F5NO. The summed E-state index contributed by atoms with van der Waals surface area (Å²) in [5.74, 6) is -1.32. The first kappa shape index (κ1) is 31.3. The summed E-state index contributed by atoms with van der Waals surface area (Å²) in [5.41, 5.74) is 1.39. The summed E-state index contributed by atoms with van der Waals surface area (Å²) >= 11 is 0. The second-order valence-electron chi connectivity index (χ2n) is 11.6. The van der Waals surface area contributed by atoms with Gasteiger partial charge in [-0.1, -0.05) is 69.0 Å². The molecule has 0 bridgehead atoms. The molecule has 44 heavy (non-hydrogen) atoms. The molecule has 0 heterocycles. The van der Waals surface area contributed by atoms with Crippen LogP contribution in [0, 0.1) is 34.7 Å². The van der Waals surface area contributed by atoms with E-state index in [2.05, 4.69) is 6.92 Å². The lowest BCUT2D eigenvalue weighted by Gasteiger charge is -2.29. The van der Waals surface area contributed by atoms with E-state index in [0.717, 1.165) is 48.6 Å². The molecular weight excluding hydrogens is 569 g/mol. The zero-order valence-electron chi connectivity index (χ0n) is 24.6. The number of nitriles is 1. The maximum absolute atomic E-state index is 15.3. The SMILES string of the molecule is CCCCCC1CCC(c2ccc(-c3ccc(-c4ccc(C(F)(F)Oc5ccc(C#N)c(F)c5)cc4)c(F)c3)c(F)c2)CC1. The number of nitrogens with zero attached hydrogens (tertiary/aromatic N) is 1. The van der Waals surface area contributed by atoms with Crippen LogP contribution >= 0.6 is 0 Å². The molecule has 0 aliphatic heterocycles. The van der Waals surface area contributed by atoms with Gasteiger partial charge in [-0.25, -0.2) is 13.2 Å². The minimum absolute atomic E-state index is 0.173. The molecule has 5 rings (SSSR count). The predicted molar refractivity (Wildman–Crippen MR) is 162 cm³/mol. The van der Waals surface area contributed by atoms with E-state index < -0.39 is 34.9 Å². The van der Waals surface area contributed by atoms with Gasteiger partial charge in [0.25, 0.3) is 0 Å². The maximum Gasteiger partial charge on any atom is 0.426 e. The summed E-state index contributed by atoms with van der Waals surface area (Å²) in [5, 5.41) is 8.81. The fourth-order valence-electron chi connectivity index (χ4n) is 6.10. The Bertz CT molecular complexity index is 1640. The molecule has 2 nitrogen and oxygen atoms in total. The van der Waals surface area contributed by atoms with E-state index >= 15 is 8.78 Å². The summed E-state index contributed by atoms with van der Waals surface area (Å²) in [6.45, 7) is 2.22. The average Bonchev–Trinajstić information content (AvgIpc) is 3.01. The Kier molecular flexibility index (Phi) is 9.68. The summed E-state index contributed by atoms with van der Waals surface area (Å²) in [7, 11) is 0. The normalized spacial score (nSPS) is 16.8. The van der Waals surface area contributed by atoms with Gasteiger partial charge in [0.2, 0.25) is 0 Å². The highest BCUT2D eigenvalue weighted by atomic mass is 19.3. The van der Waals surface area contributed by atoms with Gasteiger partial charge in [0.05, 0.1) is 11.1 Å². The molecule has 4 aromatic rings. The number of hydrogen-bond donors (Lipinski definition) is 0. The Labute approximate surface area is 255 Å². The van der Waals surface area contributed by atoms with Crippen LogP contribution in [0.4, 0.5) is 22.0 Å².